The number of urea groups is 1. The fourth-order valence-electron chi connectivity index (χ4n) is 1.37. The summed E-state index contributed by atoms with van der Waals surface area (Å²) in [5.41, 5.74) is 4.97. The quantitative estimate of drug-likeness (QED) is 0.801. The molecular formula is C11H15F2N3O. The maximum Gasteiger partial charge on any atom is 0.321 e. The molecule has 0 aliphatic carbocycles. The summed E-state index contributed by atoms with van der Waals surface area (Å²) in [6.07, 6.45) is 0. The molecule has 0 bridgehead atoms. The number of hydrogen-bond donors (Lipinski definition) is 2. The standard InChI is InChI=1S/C11H15F2N3O/c1-3-16(4-2)11(17)15-10-6-9(14)7(12)5-8(10)13/h5-6H,3-4,14H2,1-2H3,(H,15,17). The van der Waals surface area contributed by atoms with Crippen LogP contribution in [0.2, 0.25) is 0 Å². The van der Waals surface area contributed by atoms with Crippen molar-refractivity contribution in [2.24, 2.45) is 0 Å². The van der Waals surface area contributed by atoms with Crippen LogP contribution in [0.3, 0.4) is 0 Å². The Morgan fingerprint density at radius 1 is 1.29 bits per heavy atom. The largest absolute Gasteiger partial charge is 0.396 e. The minimum atomic E-state index is -0.850. The molecule has 94 valence electrons. The van der Waals surface area contributed by atoms with Crippen LogP contribution in [-0.2, 0) is 0 Å². The maximum atomic E-state index is 13.3. The van der Waals surface area contributed by atoms with Crippen molar-refractivity contribution in [3.63, 3.8) is 0 Å². The molecule has 0 saturated carbocycles. The van der Waals surface area contributed by atoms with Crippen molar-refractivity contribution >= 4 is 17.4 Å². The summed E-state index contributed by atoms with van der Waals surface area (Å²) in [6, 6.07) is 1.26. The molecular weight excluding hydrogens is 228 g/mol. The van der Waals surface area contributed by atoms with Crippen LogP contribution in [-0.4, -0.2) is 24.0 Å². The minimum absolute atomic E-state index is 0.124. The Hall–Kier alpha value is -1.85. The molecule has 1 aromatic rings. The molecule has 4 nitrogen and oxygen atoms in total. The first-order chi connectivity index (χ1) is 7.99. The van der Waals surface area contributed by atoms with Gasteiger partial charge in [-0.05, 0) is 19.9 Å². The number of hydrogen-bond acceptors (Lipinski definition) is 2. The first-order valence-electron chi connectivity index (χ1n) is 5.30. The topological polar surface area (TPSA) is 58.4 Å². The molecule has 3 N–H and O–H groups in total. The summed E-state index contributed by atoms with van der Waals surface area (Å²) in [4.78, 5) is 13.1. The van der Waals surface area contributed by atoms with Crippen LogP contribution in [0.5, 0.6) is 0 Å². The number of nitrogens with one attached hydrogen (secondary N) is 1. The van der Waals surface area contributed by atoms with Crippen LogP contribution in [0, 0.1) is 11.6 Å². The fourth-order valence-corrected chi connectivity index (χ4v) is 1.37. The van der Waals surface area contributed by atoms with Gasteiger partial charge in [-0.25, -0.2) is 13.6 Å². The Labute approximate surface area is 98.4 Å². The highest BCUT2D eigenvalue weighted by Gasteiger charge is 2.13. The summed E-state index contributed by atoms with van der Waals surface area (Å²) >= 11 is 0. The Balaban J connectivity index is 2.88. The van der Waals surface area contributed by atoms with Crippen LogP contribution < -0.4 is 11.1 Å². The van der Waals surface area contributed by atoms with Crippen LogP contribution in [0.15, 0.2) is 12.1 Å². The number of amides is 2. The van der Waals surface area contributed by atoms with E-state index in [2.05, 4.69) is 5.32 Å². The Bertz CT molecular complexity index is 419. The summed E-state index contributed by atoms with van der Waals surface area (Å²) in [7, 11) is 0. The molecule has 0 heterocycles. The minimum Gasteiger partial charge on any atom is -0.396 e. The zero-order chi connectivity index (χ0) is 13.0. The number of carbonyl (C=O) groups is 1. The van der Waals surface area contributed by atoms with Gasteiger partial charge in [0.05, 0.1) is 11.4 Å². The second-order valence-corrected chi connectivity index (χ2v) is 3.46. The maximum absolute atomic E-state index is 13.3. The van der Waals surface area contributed by atoms with Crippen LogP contribution >= 0.6 is 0 Å². The van der Waals surface area contributed by atoms with Crippen molar-refractivity contribution in [2.45, 2.75) is 13.8 Å². The molecule has 0 aliphatic heterocycles. The molecule has 0 radical (unpaired) electrons. The van der Waals surface area contributed by atoms with E-state index in [-0.39, 0.29) is 11.4 Å². The smallest absolute Gasteiger partial charge is 0.321 e. The number of halogens is 2. The number of nitrogen functional groups attached to an aromatic ring is 1. The van der Waals surface area contributed by atoms with Gasteiger partial charge in [-0.2, -0.15) is 0 Å². The van der Waals surface area contributed by atoms with E-state index in [1.165, 1.54) is 4.90 Å². The first-order valence-corrected chi connectivity index (χ1v) is 5.30. The van der Waals surface area contributed by atoms with E-state index < -0.39 is 17.7 Å². The van der Waals surface area contributed by atoms with Gasteiger partial charge >= 0.3 is 6.03 Å². The highest BCUT2D eigenvalue weighted by molar-refractivity contribution is 5.90. The lowest BCUT2D eigenvalue weighted by molar-refractivity contribution is 0.217. The predicted octanol–water partition coefficient (Wildman–Crippen LogP) is 2.42. The molecule has 17 heavy (non-hydrogen) atoms. The van der Waals surface area contributed by atoms with Crippen LogP contribution in [0.4, 0.5) is 25.0 Å². The lowest BCUT2D eigenvalue weighted by Crippen LogP contribution is -2.34. The molecule has 1 aromatic carbocycles. The van der Waals surface area contributed by atoms with Gasteiger partial charge in [0.1, 0.15) is 11.6 Å². The number of rotatable bonds is 3. The number of benzene rings is 1. The van der Waals surface area contributed by atoms with Gasteiger partial charge in [-0.15, -0.1) is 0 Å². The molecule has 0 saturated heterocycles. The molecule has 1 rings (SSSR count). The van der Waals surface area contributed by atoms with Gasteiger partial charge in [-0.1, -0.05) is 0 Å². The van der Waals surface area contributed by atoms with Gasteiger partial charge in [0.25, 0.3) is 0 Å². The highest BCUT2D eigenvalue weighted by atomic mass is 19.1. The first kappa shape index (κ1) is 13.2. The molecule has 0 spiro atoms. The van der Waals surface area contributed by atoms with Crippen molar-refractivity contribution in [2.75, 3.05) is 24.1 Å². The predicted molar refractivity (Wildman–Crippen MR) is 62.7 cm³/mol. The summed E-state index contributed by atoms with van der Waals surface area (Å²) in [5, 5.41) is 2.35. The van der Waals surface area contributed by atoms with Gasteiger partial charge in [0.2, 0.25) is 0 Å². The Kier molecular flexibility index (Phi) is 4.25. The van der Waals surface area contributed by atoms with E-state index in [9.17, 15) is 13.6 Å². The number of nitrogens with two attached hydrogens (primary N) is 1. The zero-order valence-electron chi connectivity index (χ0n) is 9.76. The van der Waals surface area contributed by atoms with E-state index >= 15 is 0 Å². The van der Waals surface area contributed by atoms with Gasteiger partial charge in [-0.3, -0.25) is 0 Å². The SMILES string of the molecule is CCN(CC)C(=O)Nc1cc(N)c(F)cc1F. The van der Waals surface area contributed by atoms with Gasteiger partial charge in [0, 0.05) is 19.2 Å². The third-order valence-electron chi connectivity index (χ3n) is 2.38. The van der Waals surface area contributed by atoms with Crippen molar-refractivity contribution < 1.29 is 13.6 Å². The van der Waals surface area contributed by atoms with Gasteiger partial charge in [0.15, 0.2) is 0 Å². The van der Waals surface area contributed by atoms with Crippen molar-refractivity contribution in [3.05, 3.63) is 23.8 Å². The van der Waals surface area contributed by atoms with E-state index in [1.807, 2.05) is 0 Å². The van der Waals surface area contributed by atoms with E-state index in [0.717, 1.165) is 6.07 Å². The van der Waals surface area contributed by atoms with Crippen molar-refractivity contribution in [1.29, 1.82) is 0 Å². The van der Waals surface area contributed by atoms with E-state index in [0.29, 0.717) is 19.2 Å². The van der Waals surface area contributed by atoms with E-state index in [1.54, 1.807) is 13.8 Å². The molecule has 0 atom stereocenters. The van der Waals surface area contributed by atoms with Crippen LogP contribution in [0.25, 0.3) is 0 Å². The number of anilines is 2. The zero-order valence-corrected chi connectivity index (χ0v) is 9.76. The second-order valence-electron chi connectivity index (χ2n) is 3.46. The number of carbonyl (C=O) groups excluding carboxylic acids is 1. The molecule has 0 aliphatic rings. The monoisotopic (exact) mass is 243 g/mol. The molecule has 2 amide bonds. The van der Waals surface area contributed by atoms with Gasteiger partial charge < -0.3 is 16.0 Å². The summed E-state index contributed by atoms with van der Waals surface area (Å²) < 4.78 is 26.2. The normalized spacial score (nSPS) is 10.1. The lowest BCUT2D eigenvalue weighted by Gasteiger charge is -2.19. The summed E-state index contributed by atoms with van der Waals surface area (Å²) in [6.45, 7) is 4.61. The summed E-state index contributed by atoms with van der Waals surface area (Å²) in [5.74, 6) is -1.69. The van der Waals surface area contributed by atoms with Crippen molar-refractivity contribution in [3.8, 4) is 0 Å². The van der Waals surface area contributed by atoms with E-state index in [4.69, 9.17) is 5.73 Å². The average molecular weight is 243 g/mol. The third kappa shape index (κ3) is 3.05. The number of nitrogens with zero attached hydrogens (tertiary/aromatic N) is 1. The molecule has 6 heteroatoms. The Morgan fingerprint density at radius 3 is 2.41 bits per heavy atom. The second kappa shape index (κ2) is 5.47. The molecule has 0 unspecified atom stereocenters. The lowest BCUT2D eigenvalue weighted by atomic mass is 10.2. The highest BCUT2D eigenvalue weighted by Crippen LogP contribution is 2.21. The molecule has 0 fully saturated rings. The fraction of sp³-hybridized carbons (Fsp3) is 0.364. The third-order valence-corrected chi connectivity index (χ3v) is 2.38. The van der Waals surface area contributed by atoms with Crippen LogP contribution in [0.1, 0.15) is 13.8 Å². The Morgan fingerprint density at radius 2 is 1.88 bits per heavy atom. The van der Waals surface area contributed by atoms with Crippen molar-refractivity contribution in [1.82, 2.24) is 4.90 Å². The molecule has 0 aromatic heterocycles. The average Bonchev–Trinajstić information content (AvgIpc) is 2.27.